The number of sulfonamides is 1. The Balaban J connectivity index is 1.54. The van der Waals surface area contributed by atoms with Crippen molar-refractivity contribution in [3.63, 3.8) is 0 Å². The van der Waals surface area contributed by atoms with Crippen LogP contribution in [0.1, 0.15) is 12.8 Å². The van der Waals surface area contributed by atoms with Crippen LogP contribution in [0, 0.1) is 5.92 Å². The molecule has 0 radical (unpaired) electrons. The van der Waals surface area contributed by atoms with Crippen LogP contribution in [0.4, 0.5) is 5.69 Å². The van der Waals surface area contributed by atoms with Gasteiger partial charge >= 0.3 is 5.69 Å². The van der Waals surface area contributed by atoms with Gasteiger partial charge in [-0.3, -0.25) is 18.5 Å². The maximum absolute atomic E-state index is 13.0. The molecule has 0 unspecified atom stereocenters. The van der Waals surface area contributed by atoms with E-state index in [1.54, 1.807) is 45.4 Å². The number of benzene rings is 2. The number of fused-ring (bicyclic) bond motifs is 1. The highest BCUT2D eigenvalue weighted by molar-refractivity contribution is 7.92. The van der Waals surface area contributed by atoms with E-state index in [0.717, 1.165) is 0 Å². The number of nitrogens with zero attached hydrogens (tertiary/aromatic N) is 4. The Kier molecular flexibility index (Phi) is 5.35. The second-order valence-corrected chi connectivity index (χ2v) is 10.2. The van der Waals surface area contributed by atoms with Crippen LogP contribution < -0.4 is 19.9 Å². The van der Waals surface area contributed by atoms with E-state index >= 15 is 0 Å². The minimum Gasteiger partial charge on any atom is -0.493 e. The Bertz CT molecular complexity index is 1550. The summed E-state index contributed by atoms with van der Waals surface area (Å²) >= 11 is 0. The lowest BCUT2D eigenvalue weighted by atomic mass is 10.2. The molecule has 34 heavy (non-hydrogen) atoms. The van der Waals surface area contributed by atoms with Gasteiger partial charge in [0.25, 0.3) is 10.0 Å². The molecule has 1 saturated carbocycles. The summed E-state index contributed by atoms with van der Waals surface area (Å²) in [5, 5.41) is 3.94. The van der Waals surface area contributed by atoms with Gasteiger partial charge in [0.05, 0.1) is 29.5 Å². The fraction of sp³-hybridized carbons (Fsp3) is 0.304. The summed E-state index contributed by atoms with van der Waals surface area (Å²) < 4.78 is 44.9. The van der Waals surface area contributed by atoms with Gasteiger partial charge in [0.2, 0.25) is 0 Å². The molecule has 0 saturated heterocycles. The lowest BCUT2D eigenvalue weighted by Crippen LogP contribution is -2.19. The van der Waals surface area contributed by atoms with Gasteiger partial charge in [-0.2, -0.15) is 5.10 Å². The molecular formula is C23H25N5O5S. The fourth-order valence-electron chi connectivity index (χ4n) is 3.68. The minimum atomic E-state index is -3.94. The van der Waals surface area contributed by atoms with Crippen LogP contribution in [0.15, 0.2) is 58.5 Å². The highest BCUT2D eigenvalue weighted by atomic mass is 32.2. The van der Waals surface area contributed by atoms with Crippen molar-refractivity contribution >= 4 is 26.7 Å². The molecule has 11 heteroatoms. The third-order valence-corrected chi connectivity index (χ3v) is 7.15. The molecule has 2 aromatic heterocycles. The zero-order valence-corrected chi connectivity index (χ0v) is 19.9. The minimum absolute atomic E-state index is 0.0125. The molecule has 1 aliphatic rings. The molecule has 4 aromatic rings. The average molecular weight is 484 g/mol. The molecule has 5 rings (SSSR count). The lowest BCUT2D eigenvalue weighted by Gasteiger charge is -2.15. The van der Waals surface area contributed by atoms with Crippen LogP contribution in [0.2, 0.25) is 0 Å². The van der Waals surface area contributed by atoms with E-state index in [2.05, 4.69) is 9.82 Å². The molecule has 2 aromatic carbocycles. The molecule has 178 valence electrons. The molecule has 0 amide bonds. The topological polar surface area (TPSA) is 109 Å². The SMILES string of the molecule is Cn1cc(S(=O)(=O)Nc2cc3c(cc2Oc2cccc(OCC4CC4)c2)n(C)c(=O)n3C)cn1. The van der Waals surface area contributed by atoms with Crippen molar-refractivity contribution in [2.45, 2.75) is 17.7 Å². The van der Waals surface area contributed by atoms with Crippen LogP contribution in [-0.2, 0) is 31.2 Å². The van der Waals surface area contributed by atoms with Crippen molar-refractivity contribution < 1.29 is 17.9 Å². The Labute approximate surface area is 196 Å². The van der Waals surface area contributed by atoms with Gasteiger partial charge in [-0.05, 0) is 37.0 Å². The number of ether oxygens (including phenoxy) is 2. The summed E-state index contributed by atoms with van der Waals surface area (Å²) in [6, 6.07) is 10.4. The first-order valence-corrected chi connectivity index (χ1v) is 12.3. The van der Waals surface area contributed by atoms with Crippen LogP contribution >= 0.6 is 0 Å². The van der Waals surface area contributed by atoms with E-state index in [1.165, 1.54) is 39.1 Å². The Morgan fingerprint density at radius 3 is 2.44 bits per heavy atom. The normalized spacial score (nSPS) is 13.9. The lowest BCUT2D eigenvalue weighted by molar-refractivity contribution is 0.298. The van der Waals surface area contributed by atoms with Gasteiger partial charge in [-0.25, -0.2) is 13.2 Å². The number of aromatic nitrogens is 4. The molecule has 1 aliphatic carbocycles. The van der Waals surface area contributed by atoms with E-state index < -0.39 is 10.0 Å². The number of imidazole rings is 1. The Hall–Kier alpha value is -3.73. The van der Waals surface area contributed by atoms with E-state index in [0.29, 0.717) is 35.1 Å². The van der Waals surface area contributed by atoms with Crippen molar-refractivity contribution in [3.8, 4) is 17.2 Å². The first-order valence-electron chi connectivity index (χ1n) is 10.8. The average Bonchev–Trinajstić information content (AvgIpc) is 3.49. The van der Waals surface area contributed by atoms with Gasteiger partial charge in [-0.1, -0.05) is 6.07 Å². The molecular weight excluding hydrogens is 458 g/mol. The van der Waals surface area contributed by atoms with Gasteiger partial charge in [0, 0.05) is 39.5 Å². The molecule has 1 fully saturated rings. The number of aryl methyl sites for hydroxylation is 3. The van der Waals surface area contributed by atoms with Crippen LogP contribution in [0.5, 0.6) is 17.2 Å². The number of rotatable bonds is 8. The smallest absolute Gasteiger partial charge is 0.328 e. The Morgan fingerprint density at radius 2 is 1.76 bits per heavy atom. The highest BCUT2D eigenvalue weighted by Crippen LogP contribution is 2.36. The number of hydrogen-bond donors (Lipinski definition) is 1. The zero-order chi connectivity index (χ0) is 24.0. The van der Waals surface area contributed by atoms with Gasteiger partial charge in [0.1, 0.15) is 16.4 Å². The van der Waals surface area contributed by atoms with Crippen LogP contribution in [0.25, 0.3) is 11.0 Å². The third-order valence-electron chi connectivity index (χ3n) is 5.83. The number of hydrogen-bond acceptors (Lipinski definition) is 6. The van der Waals surface area contributed by atoms with Crippen LogP contribution in [0.3, 0.4) is 0 Å². The van der Waals surface area contributed by atoms with Crippen molar-refractivity contribution in [3.05, 3.63) is 59.3 Å². The van der Waals surface area contributed by atoms with E-state index in [-0.39, 0.29) is 22.0 Å². The van der Waals surface area contributed by atoms with Gasteiger partial charge in [-0.15, -0.1) is 0 Å². The quantitative estimate of drug-likeness (QED) is 0.413. The summed E-state index contributed by atoms with van der Waals surface area (Å²) in [5.74, 6) is 2.02. The van der Waals surface area contributed by atoms with Gasteiger partial charge in [0.15, 0.2) is 5.75 Å². The van der Waals surface area contributed by atoms with Crippen molar-refractivity contribution in [2.75, 3.05) is 11.3 Å². The van der Waals surface area contributed by atoms with Crippen molar-refractivity contribution in [1.29, 1.82) is 0 Å². The van der Waals surface area contributed by atoms with Crippen LogP contribution in [-0.4, -0.2) is 33.9 Å². The van der Waals surface area contributed by atoms with E-state index in [4.69, 9.17) is 9.47 Å². The maximum Gasteiger partial charge on any atom is 0.328 e. The summed E-state index contributed by atoms with van der Waals surface area (Å²) in [6.45, 7) is 0.664. The summed E-state index contributed by atoms with van der Waals surface area (Å²) in [7, 11) is 0.976. The zero-order valence-electron chi connectivity index (χ0n) is 19.1. The highest BCUT2D eigenvalue weighted by Gasteiger charge is 2.23. The standard InChI is InChI=1S/C23H25N5O5S/c1-26-13-18(12-24-26)34(30,31)25-19-10-20-21(28(3)23(29)27(20)2)11-22(19)33-17-6-4-5-16(9-17)32-14-15-7-8-15/h4-6,9-13,15,25H,7-8,14H2,1-3H3. The second kappa shape index (κ2) is 8.24. The predicted octanol–water partition coefficient (Wildman–Crippen LogP) is 2.99. The first kappa shape index (κ1) is 22.1. The molecule has 2 heterocycles. The summed E-state index contributed by atoms with van der Waals surface area (Å²) in [6.07, 6.45) is 5.04. The van der Waals surface area contributed by atoms with E-state index in [9.17, 15) is 13.2 Å². The molecule has 0 aliphatic heterocycles. The largest absolute Gasteiger partial charge is 0.493 e. The summed E-state index contributed by atoms with van der Waals surface area (Å²) in [5.41, 5.74) is 1.13. The molecule has 0 spiro atoms. The molecule has 0 atom stereocenters. The second-order valence-electron chi connectivity index (χ2n) is 8.52. The number of anilines is 1. The van der Waals surface area contributed by atoms with E-state index in [1.807, 2.05) is 12.1 Å². The third kappa shape index (κ3) is 4.26. The van der Waals surface area contributed by atoms with Gasteiger partial charge < -0.3 is 9.47 Å². The fourth-order valence-corrected chi connectivity index (χ4v) is 4.73. The first-order chi connectivity index (χ1) is 16.2. The number of nitrogens with one attached hydrogen (secondary N) is 1. The molecule has 10 nitrogen and oxygen atoms in total. The van der Waals surface area contributed by atoms with Crippen molar-refractivity contribution in [2.24, 2.45) is 27.1 Å². The monoisotopic (exact) mass is 483 g/mol. The predicted molar refractivity (Wildman–Crippen MR) is 127 cm³/mol. The van der Waals surface area contributed by atoms with Crippen molar-refractivity contribution in [1.82, 2.24) is 18.9 Å². The Morgan fingerprint density at radius 1 is 1.06 bits per heavy atom. The molecule has 0 bridgehead atoms. The molecule has 1 N–H and O–H groups in total. The summed E-state index contributed by atoms with van der Waals surface area (Å²) in [4.78, 5) is 12.5. The maximum atomic E-state index is 13.0.